The van der Waals surface area contributed by atoms with Gasteiger partial charge < -0.3 is 15.0 Å². The number of amides is 1. The summed E-state index contributed by atoms with van der Waals surface area (Å²) in [5.74, 6) is 0.482. The number of hydrogen-bond donors (Lipinski definition) is 1. The molecule has 0 spiro atoms. The first-order valence-corrected chi connectivity index (χ1v) is 10.7. The van der Waals surface area contributed by atoms with Crippen LogP contribution in [-0.2, 0) is 22.6 Å². The Labute approximate surface area is 176 Å². The van der Waals surface area contributed by atoms with Gasteiger partial charge in [-0.25, -0.2) is 9.48 Å². The Balaban J connectivity index is 1.21. The standard InChI is InChI=1S/C21H30N6O3/c1-2-27-21(29)26-14-15-30-18(20(26)23-27)16-19(28)22-8-9-24-10-12-25(13-11-24)17-6-4-3-5-7-17/h3-7,18H,2,8-16H2,1H3,(H,22,28). The summed E-state index contributed by atoms with van der Waals surface area (Å²) in [7, 11) is 0. The topological polar surface area (TPSA) is 84.6 Å². The van der Waals surface area contributed by atoms with E-state index in [1.165, 1.54) is 10.4 Å². The molecule has 1 atom stereocenters. The molecule has 1 saturated heterocycles. The fourth-order valence-corrected chi connectivity index (χ4v) is 4.09. The molecule has 0 aliphatic carbocycles. The molecule has 0 bridgehead atoms. The Kier molecular flexibility index (Phi) is 6.49. The van der Waals surface area contributed by atoms with Crippen LogP contribution in [0.1, 0.15) is 25.3 Å². The van der Waals surface area contributed by atoms with Gasteiger partial charge in [0.05, 0.1) is 19.6 Å². The first-order valence-electron chi connectivity index (χ1n) is 10.7. The average Bonchev–Trinajstić information content (AvgIpc) is 3.12. The zero-order chi connectivity index (χ0) is 20.9. The number of aryl methyl sites for hydroxylation is 1. The molecule has 1 aromatic heterocycles. The smallest absolute Gasteiger partial charge is 0.346 e. The Morgan fingerprint density at radius 3 is 2.67 bits per heavy atom. The number of benzene rings is 1. The molecule has 2 aliphatic heterocycles. The highest BCUT2D eigenvalue weighted by Crippen LogP contribution is 2.22. The number of nitrogens with one attached hydrogen (secondary N) is 1. The van der Waals surface area contributed by atoms with Crippen LogP contribution in [0.2, 0.25) is 0 Å². The summed E-state index contributed by atoms with van der Waals surface area (Å²) in [6.07, 6.45) is -0.282. The van der Waals surface area contributed by atoms with Gasteiger partial charge in [0.2, 0.25) is 5.91 Å². The molecule has 3 heterocycles. The van der Waals surface area contributed by atoms with Crippen molar-refractivity contribution in [2.24, 2.45) is 0 Å². The summed E-state index contributed by atoms with van der Waals surface area (Å²) in [6.45, 7) is 8.68. The number of rotatable bonds is 7. The number of fused-ring (bicyclic) bond motifs is 1. The van der Waals surface area contributed by atoms with Crippen molar-refractivity contribution in [3.05, 3.63) is 46.6 Å². The van der Waals surface area contributed by atoms with Crippen molar-refractivity contribution >= 4 is 11.6 Å². The molecule has 1 fully saturated rings. The maximum absolute atomic E-state index is 12.4. The van der Waals surface area contributed by atoms with Gasteiger partial charge in [0.1, 0.15) is 6.10 Å². The van der Waals surface area contributed by atoms with E-state index in [9.17, 15) is 9.59 Å². The molecular formula is C21H30N6O3. The van der Waals surface area contributed by atoms with Crippen LogP contribution in [0.3, 0.4) is 0 Å². The molecule has 0 saturated carbocycles. The van der Waals surface area contributed by atoms with Crippen molar-refractivity contribution in [2.75, 3.05) is 50.8 Å². The molecule has 30 heavy (non-hydrogen) atoms. The number of nitrogens with zero attached hydrogens (tertiary/aromatic N) is 5. The molecule has 0 radical (unpaired) electrons. The van der Waals surface area contributed by atoms with Crippen molar-refractivity contribution in [3.63, 3.8) is 0 Å². The fraction of sp³-hybridized carbons (Fsp3) is 0.571. The minimum absolute atomic E-state index is 0.0742. The van der Waals surface area contributed by atoms with Gasteiger partial charge in [-0.3, -0.25) is 14.3 Å². The Morgan fingerprint density at radius 2 is 1.93 bits per heavy atom. The quantitative estimate of drug-likeness (QED) is 0.709. The van der Waals surface area contributed by atoms with Crippen LogP contribution < -0.4 is 15.9 Å². The van der Waals surface area contributed by atoms with E-state index in [4.69, 9.17) is 4.74 Å². The molecule has 9 heteroatoms. The Morgan fingerprint density at radius 1 is 1.17 bits per heavy atom. The van der Waals surface area contributed by atoms with Crippen molar-refractivity contribution in [2.45, 2.75) is 32.5 Å². The molecule has 9 nitrogen and oxygen atoms in total. The summed E-state index contributed by atoms with van der Waals surface area (Å²) in [5.41, 5.74) is 1.14. The number of piperazine rings is 1. The van der Waals surface area contributed by atoms with Crippen LogP contribution in [0, 0.1) is 0 Å². The normalized spacial score (nSPS) is 19.5. The molecule has 1 unspecified atom stereocenters. The molecule has 162 valence electrons. The highest BCUT2D eigenvalue weighted by Gasteiger charge is 2.28. The second-order valence-electron chi connectivity index (χ2n) is 7.69. The third kappa shape index (κ3) is 4.57. The van der Waals surface area contributed by atoms with Crippen molar-refractivity contribution in [1.29, 1.82) is 0 Å². The molecule has 1 amide bonds. The van der Waals surface area contributed by atoms with Crippen LogP contribution in [0.15, 0.2) is 35.1 Å². The number of anilines is 1. The number of para-hydroxylation sites is 1. The van der Waals surface area contributed by atoms with Crippen molar-refractivity contribution < 1.29 is 9.53 Å². The first-order chi connectivity index (χ1) is 14.7. The Hall–Kier alpha value is -2.65. The molecule has 1 aromatic carbocycles. The van der Waals surface area contributed by atoms with E-state index < -0.39 is 6.10 Å². The minimum Gasteiger partial charge on any atom is -0.369 e. The van der Waals surface area contributed by atoms with Crippen LogP contribution in [-0.4, -0.2) is 71.0 Å². The van der Waals surface area contributed by atoms with E-state index in [1.807, 2.05) is 13.0 Å². The molecule has 1 N–H and O–H groups in total. The van der Waals surface area contributed by atoms with E-state index in [1.54, 1.807) is 4.57 Å². The van der Waals surface area contributed by atoms with Gasteiger partial charge in [-0.2, -0.15) is 5.10 Å². The lowest BCUT2D eigenvalue weighted by molar-refractivity contribution is -0.125. The van der Waals surface area contributed by atoms with Gasteiger partial charge in [-0.05, 0) is 19.1 Å². The van der Waals surface area contributed by atoms with Gasteiger partial charge in [-0.1, -0.05) is 18.2 Å². The average molecular weight is 415 g/mol. The molecule has 4 rings (SSSR count). The number of ether oxygens (including phenoxy) is 1. The van der Waals surface area contributed by atoms with Gasteiger partial charge >= 0.3 is 5.69 Å². The zero-order valence-electron chi connectivity index (χ0n) is 17.5. The summed E-state index contributed by atoms with van der Waals surface area (Å²) in [5, 5.41) is 7.33. The van der Waals surface area contributed by atoms with E-state index >= 15 is 0 Å². The van der Waals surface area contributed by atoms with E-state index in [0.29, 0.717) is 32.1 Å². The first kappa shape index (κ1) is 20.6. The summed E-state index contributed by atoms with van der Waals surface area (Å²) in [6, 6.07) is 10.5. The SMILES string of the molecule is CCn1nc2n(c1=O)CCOC2CC(=O)NCCN1CCN(c2ccccc2)CC1. The van der Waals surface area contributed by atoms with Gasteiger partial charge in [-0.15, -0.1) is 0 Å². The lowest BCUT2D eigenvalue weighted by Crippen LogP contribution is -2.48. The molecular weight excluding hydrogens is 384 g/mol. The third-order valence-electron chi connectivity index (χ3n) is 5.79. The number of hydrogen-bond acceptors (Lipinski definition) is 6. The minimum atomic E-state index is -0.464. The summed E-state index contributed by atoms with van der Waals surface area (Å²) >= 11 is 0. The van der Waals surface area contributed by atoms with Crippen LogP contribution >= 0.6 is 0 Å². The van der Waals surface area contributed by atoms with Gasteiger partial charge in [0.25, 0.3) is 0 Å². The van der Waals surface area contributed by atoms with Crippen molar-refractivity contribution in [1.82, 2.24) is 24.6 Å². The Bertz CT molecular complexity index is 901. The van der Waals surface area contributed by atoms with Crippen LogP contribution in [0.4, 0.5) is 5.69 Å². The van der Waals surface area contributed by atoms with Crippen LogP contribution in [0.25, 0.3) is 0 Å². The lowest BCUT2D eigenvalue weighted by Gasteiger charge is -2.36. The van der Waals surface area contributed by atoms with E-state index in [0.717, 1.165) is 32.7 Å². The monoisotopic (exact) mass is 414 g/mol. The zero-order valence-corrected chi connectivity index (χ0v) is 17.5. The van der Waals surface area contributed by atoms with E-state index in [-0.39, 0.29) is 18.0 Å². The maximum Gasteiger partial charge on any atom is 0.346 e. The number of carbonyl (C=O) groups is 1. The molecule has 2 aliphatic rings. The lowest BCUT2D eigenvalue weighted by atomic mass is 10.2. The second kappa shape index (κ2) is 9.44. The molecule has 2 aromatic rings. The predicted octanol–water partition coefficient (Wildman–Crippen LogP) is 0.465. The van der Waals surface area contributed by atoms with Crippen molar-refractivity contribution in [3.8, 4) is 0 Å². The van der Waals surface area contributed by atoms with Gasteiger partial charge in [0, 0.05) is 51.5 Å². The highest BCUT2D eigenvalue weighted by molar-refractivity contribution is 5.76. The second-order valence-corrected chi connectivity index (χ2v) is 7.69. The summed E-state index contributed by atoms with van der Waals surface area (Å²) in [4.78, 5) is 29.4. The highest BCUT2D eigenvalue weighted by atomic mass is 16.5. The maximum atomic E-state index is 12.4. The third-order valence-corrected chi connectivity index (χ3v) is 5.79. The summed E-state index contributed by atoms with van der Waals surface area (Å²) < 4.78 is 8.77. The fourth-order valence-electron chi connectivity index (χ4n) is 4.09. The largest absolute Gasteiger partial charge is 0.369 e. The van der Waals surface area contributed by atoms with E-state index in [2.05, 4.69) is 44.5 Å². The van der Waals surface area contributed by atoms with Gasteiger partial charge in [0.15, 0.2) is 5.82 Å². The predicted molar refractivity (Wildman–Crippen MR) is 114 cm³/mol. The number of aromatic nitrogens is 3. The van der Waals surface area contributed by atoms with Crippen LogP contribution in [0.5, 0.6) is 0 Å². The number of carbonyl (C=O) groups excluding carboxylic acids is 1.